The van der Waals surface area contributed by atoms with E-state index in [0.717, 1.165) is 0 Å². The molecule has 0 saturated heterocycles. The normalized spacial score (nSPS) is 28.2. The maximum Gasteiger partial charge on any atom is 0.236 e. The van der Waals surface area contributed by atoms with Crippen LogP contribution in [0.2, 0.25) is 0 Å². The van der Waals surface area contributed by atoms with Gasteiger partial charge in [-0.2, -0.15) is 0 Å². The SMILES string of the molecule is CCNC(=O)C(C)NC1CCCCCC1C. The second-order valence-electron chi connectivity index (χ2n) is 5.00. The Bertz CT molecular complexity index is 218. The summed E-state index contributed by atoms with van der Waals surface area (Å²) in [7, 11) is 0. The minimum absolute atomic E-state index is 0.0644. The number of amides is 1. The molecular weight excluding hydrogens is 200 g/mol. The first-order valence-corrected chi connectivity index (χ1v) is 6.69. The van der Waals surface area contributed by atoms with Crippen molar-refractivity contribution >= 4 is 5.91 Å². The molecule has 1 fully saturated rings. The van der Waals surface area contributed by atoms with Crippen molar-refractivity contribution < 1.29 is 4.79 Å². The topological polar surface area (TPSA) is 41.1 Å². The van der Waals surface area contributed by atoms with Crippen LogP contribution >= 0.6 is 0 Å². The first kappa shape index (κ1) is 13.5. The van der Waals surface area contributed by atoms with Crippen LogP contribution in [0.1, 0.15) is 52.9 Å². The van der Waals surface area contributed by atoms with Crippen LogP contribution < -0.4 is 10.6 Å². The van der Waals surface area contributed by atoms with Crippen molar-refractivity contribution in [3.63, 3.8) is 0 Å². The number of hydrogen-bond acceptors (Lipinski definition) is 2. The Morgan fingerprint density at radius 2 is 2.00 bits per heavy atom. The molecule has 1 aliphatic carbocycles. The van der Waals surface area contributed by atoms with Gasteiger partial charge in [0, 0.05) is 12.6 Å². The van der Waals surface area contributed by atoms with Gasteiger partial charge in [-0.15, -0.1) is 0 Å². The number of hydrogen-bond donors (Lipinski definition) is 2. The summed E-state index contributed by atoms with van der Waals surface area (Å²) >= 11 is 0. The molecule has 0 aromatic carbocycles. The molecule has 3 nitrogen and oxygen atoms in total. The second-order valence-corrected chi connectivity index (χ2v) is 5.00. The van der Waals surface area contributed by atoms with Crippen molar-refractivity contribution in [2.45, 2.75) is 65.0 Å². The van der Waals surface area contributed by atoms with Crippen LogP contribution in [0.4, 0.5) is 0 Å². The Hall–Kier alpha value is -0.570. The molecule has 0 radical (unpaired) electrons. The molecule has 2 N–H and O–H groups in total. The smallest absolute Gasteiger partial charge is 0.236 e. The predicted octanol–water partition coefficient (Wildman–Crippen LogP) is 2.07. The fourth-order valence-corrected chi connectivity index (χ4v) is 2.46. The van der Waals surface area contributed by atoms with E-state index in [9.17, 15) is 4.79 Å². The highest BCUT2D eigenvalue weighted by Gasteiger charge is 2.23. The van der Waals surface area contributed by atoms with Gasteiger partial charge in [0.25, 0.3) is 0 Å². The Morgan fingerprint density at radius 1 is 1.31 bits per heavy atom. The van der Waals surface area contributed by atoms with E-state index < -0.39 is 0 Å². The maximum absolute atomic E-state index is 11.6. The van der Waals surface area contributed by atoms with Crippen molar-refractivity contribution in [1.82, 2.24) is 10.6 Å². The zero-order valence-electron chi connectivity index (χ0n) is 10.9. The molecule has 0 heterocycles. The van der Waals surface area contributed by atoms with E-state index in [2.05, 4.69) is 17.6 Å². The van der Waals surface area contributed by atoms with E-state index in [4.69, 9.17) is 0 Å². The van der Waals surface area contributed by atoms with Crippen LogP contribution in [0.3, 0.4) is 0 Å². The fourth-order valence-electron chi connectivity index (χ4n) is 2.46. The highest BCUT2D eigenvalue weighted by atomic mass is 16.2. The number of likely N-dealkylation sites (N-methyl/N-ethyl adjacent to an activating group) is 1. The van der Waals surface area contributed by atoms with E-state index in [1.807, 2.05) is 13.8 Å². The highest BCUT2D eigenvalue weighted by Crippen LogP contribution is 2.23. The summed E-state index contributed by atoms with van der Waals surface area (Å²) in [5.41, 5.74) is 0. The van der Waals surface area contributed by atoms with Gasteiger partial charge in [0.2, 0.25) is 5.91 Å². The molecule has 1 rings (SSSR count). The molecule has 94 valence electrons. The maximum atomic E-state index is 11.6. The molecule has 1 aliphatic rings. The van der Waals surface area contributed by atoms with Gasteiger partial charge in [-0.05, 0) is 32.6 Å². The van der Waals surface area contributed by atoms with Crippen molar-refractivity contribution in [1.29, 1.82) is 0 Å². The summed E-state index contributed by atoms with van der Waals surface area (Å²) in [6.07, 6.45) is 6.49. The average Bonchev–Trinajstić information content (AvgIpc) is 2.45. The first-order valence-electron chi connectivity index (χ1n) is 6.69. The van der Waals surface area contributed by atoms with Crippen LogP contribution in [0.15, 0.2) is 0 Å². The minimum Gasteiger partial charge on any atom is -0.355 e. The van der Waals surface area contributed by atoms with Crippen molar-refractivity contribution in [2.75, 3.05) is 6.54 Å². The highest BCUT2D eigenvalue weighted by molar-refractivity contribution is 5.81. The number of nitrogens with one attached hydrogen (secondary N) is 2. The number of carbonyl (C=O) groups is 1. The molecule has 16 heavy (non-hydrogen) atoms. The first-order chi connectivity index (χ1) is 7.65. The molecule has 0 aromatic rings. The lowest BCUT2D eigenvalue weighted by Crippen LogP contribution is -2.48. The summed E-state index contributed by atoms with van der Waals surface area (Å²) in [6, 6.07) is 0.450. The lowest BCUT2D eigenvalue weighted by molar-refractivity contribution is -0.122. The van der Waals surface area contributed by atoms with E-state index in [1.165, 1.54) is 32.1 Å². The van der Waals surface area contributed by atoms with Crippen molar-refractivity contribution in [3.05, 3.63) is 0 Å². The summed E-state index contributed by atoms with van der Waals surface area (Å²) in [4.78, 5) is 11.6. The zero-order valence-corrected chi connectivity index (χ0v) is 10.9. The predicted molar refractivity (Wildman–Crippen MR) is 67.3 cm³/mol. The van der Waals surface area contributed by atoms with E-state index in [1.54, 1.807) is 0 Å². The fraction of sp³-hybridized carbons (Fsp3) is 0.923. The molecule has 1 saturated carbocycles. The monoisotopic (exact) mass is 226 g/mol. The van der Waals surface area contributed by atoms with Gasteiger partial charge < -0.3 is 10.6 Å². The van der Waals surface area contributed by atoms with Crippen LogP contribution in [-0.2, 0) is 4.79 Å². The molecule has 0 spiro atoms. The van der Waals surface area contributed by atoms with E-state index >= 15 is 0 Å². The average molecular weight is 226 g/mol. The van der Waals surface area contributed by atoms with Crippen LogP contribution in [0.25, 0.3) is 0 Å². The van der Waals surface area contributed by atoms with Crippen molar-refractivity contribution in [3.8, 4) is 0 Å². The summed E-state index contributed by atoms with van der Waals surface area (Å²) in [5.74, 6) is 0.818. The third-order valence-corrected chi connectivity index (χ3v) is 3.57. The summed E-state index contributed by atoms with van der Waals surface area (Å²) in [5, 5.41) is 6.35. The van der Waals surface area contributed by atoms with Gasteiger partial charge in [0.1, 0.15) is 0 Å². The van der Waals surface area contributed by atoms with Gasteiger partial charge in [0.15, 0.2) is 0 Å². The molecule has 3 heteroatoms. The largest absolute Gasteiger partial charge is 0.355 e. The van der Waals surface area contributed by atoms with Crippen LogP contribution in [0, 0.1) is 5.92 Å². The Labute approximate surface area is 99.4 Å². The van der Waals surface area contributed by atoms with Crippen LogP contribution in [-0.4, -0.2) is 24.5 Å². The van der Waals surface area contributed by atoms with Gasteiger partial charge in [-0.3, -0.25) is 4.79 Å². The number of carbonyl (C=O) groups excluding carboxylic acids is 1. The molecule has 3 atom stereocenters. The third kappa shape index (κ3) is 4.12. The Balaban J connectivity index is 2.41. The summed E-state index contributed by atoms with van der Waals surface area (Å²) < 4.78 is 0. The van der Waals surface area contributed by atoms with Gasteiger partial charge in [-0.1, -0.05) is 26.2 Å². The van der Waals surface area contributed by atoms with Crippen molar-refractivity contribution in [2.24, 2.45) is 5.92 Å². The lowest BCUT2D eigenvalue weighted by atomic mass is 9.96. The quantitative estimate of drug-likeness (QED) is 0.721. The molecule has 0 aromatic heterocycles. The number of rotatable bonds is 4. The molecule has 3 unspecified atom stereocenters. The lowest BCUT2D eigenvalue weighted by Gasteiger charge is -2.26. The molecule has 0 bridgehead atoms. The second kappa shape index (κ2) is 6.89. The minimum atomic E-state index is -0.0644. The van der Waals surface area contributed by atoms with Gasteiger partial charge in [0.05, 0.1) is 6.04 Å². The Kier molecular flexibility index (Phi) is 5.81. The molecule has 1 amide bonds. The third-order valence-electron chi connectivity index (χ3n) is 3.57. The van der Waals surface area contributed by atoms with E-state index in [-0.39, 0.29) is 11.9 Å². The molecule has 0 aliphatic heterocycles. The van der Waals surface area contributed by atoms with Gasteiger partial charge >= 0.3 is 0 Å². The summed E-state index contributed by atoms with van der Waals surface area (Å²) in [6.45, 7) is 6.93. The molecular formula is C13H26N2O. The zero-order chi connectivity index (χ0) is 12.0. The standard InChI is InChI=1S/C13H26N2O/c1-4-14-13(16)11(3)15-12-9-7-5-6-8-10(12)2/h10-12,15H,4-9H2,1-3H3,(H,14,16). The van der Waals surface area contributed by atoms with E-state index in [0.29, 0.717) is 18.5 Å². The van der Waals surface area contributed by atoms with Gasteiger partial charge in [-0.25, -0.2) is 0 Å². The van der Waals surface area contributed by atoms with Crippen LogP contribution in [0.5, 0.6) is 0 Å². The Morgan fingerprint density at radius 3 is 2.69 bits per heavy atom.